The lowest BCUT2D eigenvalue weighted by Gasteiger charge is -2.23. The van der Waals surface area contributed by atoms with E-state index in [9.17, 15) is 4.79 Å². The molecule has 0 aliphatic rings. The first-order valence-corrected chi connectivity index (χ1v) is 9.10. The molecule has 0 radical (unpaired) electrons. The summed E-state index contributed by atoms with van der Waals surface area (Å²) >= 11 is 0. The van der Waals surface area contributed by atoms with E-state index in [0.29, 0.717) is 5.69 Å². The van der Waals surface area contributed by atoms with Gasteiger partial charge >= 0.3 is 0 Å². The molecule has 2 aromatic rings. The number of aromatic nitrogens is 2. The molecule has 0 aliphatic carbocycles. The van der Waals surface area contributed by atoms with Gasteiger partial charge in [-0.2, -0.15) is 5.10 Å². The van der Waals surface area contributed by atoms with E-state index < -0.39 is 0 Å². The van der Waals surface area contributed by atoms with Gasteiger partial charge < -0.3 is 10.1 Å². The number of carbonyl (C=O) groups excluding carboxylic acids is 1. The average Bonchev–Trinajstić information content (AvgIpc) is 3.00. The molecule has 1 N–H and O–H groups in total. The summed E-state index contributed by atoms with van der Waals surface area (Å²) in [6, 6.07) is 7.68. The van der Waals surface area contributed by atoms with Crippen LogP contribution in [0.15, 0.2) is 24.3 Å². The molecule has 1 unspecified atom stereocenters. The number of aryl methyl sites for hydroxylation is 1. The fraction of sp³-hybridized carbons (Fsp3) is 0.524. The normalized spacial score (nSPS) is 13.0. The molecule has 0 saturated heterocycles. The van der Waals surface area contributed by atoms with Crippen LogP contribution in [0.1, 0.15) is 80.8 Å². The first kappa shape index (κ1) is 20.0. The van der Waals surface area contributed by atoms with Crippen molar-refractivity contribution in [1.29, 1.82) is 0 Å². The fourth-order valence-electron chi connectivity index (χ4n) is 3.00. The molecule has 2 rings (SSSR count). The number of nitrogens with zero attached hydrogens (tertiary/aromatic N) is 2. The summed E-state index contributed by atoms with van der Waals surface area (Å²) in [5, 5.41) is 7.63. The van der Waals surface area contributed by atoms with Crippen molar-refractivity contribution in [2.45, 2.75) is 66.0 Å². The molecule has 1 aromatic heterocycles. The third kappa shape index (κ3) is 4.26. The number of carbonyl (C=O) groups is 1. The highest BCUT2D eigenvalue weighted by atomic mass is 16.5. The second kappa shape index (κ2) is 7.52. The number of methoxy groups -OCH3 is 1. The zero-order chi connectivity index (χ0) is 19.6. The van der Waals surface area contributed by atoms with Gasteiger partial charge in [0.1, 0.15) is 11.4 Å². The Kier molecular flexibility index (Phi) is 5.79. The predicted molar refractivity (Wildman–Crippen MR) is 105 cm³/mol. The minimum Gasteiger partial charge on any atom is -0.496 e. The van der Waals surface area contributed by atoms with Gasteiger partial charge in [-0.25, -0.2) is 0 Å². The van der Waals surface area contributed by atoms with Crippen LogP contribution in [0.3, 0.4) is 0 Å². The van der Waals surface area contributed by atoms with Gasteiger partial charge in [-0.3, -0.25) is 9.48 Å². The fourth-order valence-corrected chi connectivity index (χ4v) is 3.00. The van der Waals surface area contributed by atoms with Crippen molar-refractivity contribution in [1.82, 2.24) is 15.1 Å². The highest BCUT2D eigenvalue weighted by Crippen LogP contribution is 2.27. The van der Waals surface area contributed by atoms with Gasteiger partial charge in [-0.05, 0) is 52.7 Å². The number of amides is 1. The standard InChI is InChI=1S/C21H31N3O2/c1-13(2)18-12-17(23-24(18)21(5,6)7)20(25)22-15(4)16-11-14(3)9-10-19(16)26-8/h9-13,15H,1-8H3,(H,22,25). The Morgan fingerprint density at radius 1 is 1.19 bits per heavy atom. The molecular formula is C21H31N3O2. The lowest BCUT2D eigenvalue weighted by atomic mass is 10.0. The second-order valence-corrected chi connectivity index (χ2v) is 8.13. The Balaban J connectivity index is 2.29. The molecule has 0 bridgehead atoms. The smallest absolute Gasteiger partial charge is 0.272 e. The van der Waals surface area contributed by atoms with E-state index >= 15 is 0 Å². The Bertz CT molecular complexity index is 785. The van der Waals surface area contributed by atoms with Crippen LogP contribution in [0, 0.1) is 6.92 Å². The van der Waals surface area contributed by atoms with Gasteiger partial charge in [0.05, 0.1) is 18.7 Å². The van der Waals surface area contributed by atoms with Crippen LogP contribution in [0.25, 0.3) is 0 Å². The molecule has 26 heavy (non-hydrogen) atoms. The Hall–Kier alpha value is -2.30. The Labute approximate surface area is 156 Å². The molecule has 0 saturated carbocycles. The van der Waals surface area contributed by atoms with Crippen molar-refractivity contribution in [2.75, 3.05) is 7.11 Å². The van der Waals surface area contributed by atoms with E-state index in [1.54, 1.807) is 7.11 Å². The number of nitrogens with one attached hydrogen (secondary N) is 1. The van der Waals surface area contributed by atoms with E-state index in [4.69, 9.17) is 4.74 Å². The van der Waals surface area contributed by atoms with Crippen molar-refractivity contribution in [3.8, 4) is 5.75 Å². The highest BCUT2D eigenvalue weighted by Gasteiger charge is 2.24. The lowest BCUT2D eigenvalue weighted by Crippen LogP contribution is -2.29. The summed E-state index contributed by atoms with van der Waals surface area (Å²) in [4.78, 5) is 12.8. The van der Waals surface area contributed by atoms with E-state index in [1.807, 2.05) is 42.8 Å². The zero-order valence-corrected chi connectivity index (χ0v) is 17.2. The highest BCUT2D eigenvalue weighted by molar-refractivity contribution is 5.92. The minimum absolute atomic E-state index is 0.175. The molecule has 1 amide bonds. The van der Waals surface area contributed by atoms with Crippen molar-refractivity contribution in [3.05, 3.63) is 46.8 Å². The molecule has 0 fully saturated rings. The second-order valence-electron chi connectivity index (χ2n) is 8.13. The summed E-state index contributed by atoms with van der Waals surface area (Å²) in [5.41, 5.74) is 3.41. The zero-order valence-electron chi connectivity index (χ0n) is 17.2. The van der Waals surface area contributed by atoms with Gasteiger partial charge in [-0.15, -0.1) is 0 Å². The van der Waals surface area contributed by atoms with Crippen LogP contribution in [-0.2, 0) is 5.54 Å². The summed E-state index contributed by atoms with van der Waals surface area (Å²) < 4.78 is 7.39. The molecule has 5 nitrogen and oxygen atoms in total. The monoisotopic (exact) mass is 357 g/mol. The summed E-state index contributed by atoms with van der Waals surface area (Å²) in [6.45, 7) is 14.5. The topological polar surface area (TPSA) is 56.1 Å². The molecule has 0 aliphatic heterocycles. The third-order valence-corrected chi connectivity index (χ3v) is 4.40. The van der Waals surface area contributed by atoms with E-state index in [2.05, 4.69) is 45.0 Å². The van der Waals surface area contributed by atoms with Gasteiger partial charge in [-0.1, -0.05) is 31.5 Å². The van der Waals surface area contributed by atoms with E-state index in [0.717, 1.165) is 22.6 Å². The summed E-state index contributed by atoms with van der Waals surface area (Å²) in [7, 11) is 1.64. The quantitative estimate of drug-likeness (QED) is 0.853. The number of benzene rings is 1. The Morgan fingerprint density at radius 3 is 2.35 bits per heavy atom. The van der Waals surface area contributed by atoms with Gasteiger partial charge in [0.15, 0.2) is 0 Å². The molecular weight excluding hydrogens is 326 g/mol. The van der Waals surface area contributed by atoms with Gasteiger partial charge in [0, 0.05) is 11.3 Å². The number of ether oxygens (including phenoxy) is 1. The van der Waals surface area contributed by atoms with Crippen LogP contribution in [0.2, 0.25) is 0 Å². The van der Waals surface area contributed by atoms with Gasteiger partial charge in [0.25, 0.3) is 5.91 Å². The van der Waals surface area contributed by atoms with Crippen molar-refractivity contribution >= 4 is 5.91 Å². The first-order chi connectivity index (χ1) is 12.0. The Morgan fingerprint density at radius 2 is 1.85 bits per heavy atom. The third-order valence-electron chi connectivity index (χ3n) is 4.40. The van der Waals surface area contributed by atoms with Crippen LogP contribution >= 0.6 is 0 Å². The molecule has 0 spiro atoms. The van der Waals surface area contributed by atoms with Crippen molar-refractivity contribution in [2.24, 2.45) is 0 Å². The van der Waals surface area contributed by atoms with Crippen molar-refractivity contribution in [3.63, 3.8) is 0 Å². The van der Waals surface area contributed by atoms with E-state index in [-0.39, 0.29) is 23.4 Å². The maximum atomic E-state index is 12.8. The molecule has 1 aromatic carbocycles. The van der Waals surface area contributed by atoms with Crippen LogP contribution < -0.4 is 10.1 Å². The maximum Gasteiger partial charge on any atom is 0.272 e. The molecule has 1 heterocycles. The van der Waals surface area contributed by atoms with Crippen LogP contribution in [0.5, 0.6) is 5.75 Å². The maximum absolute atomic E-state index is 12.8. The van der Waals surface area contributed by atoms with Crippen LogP contribution in [0.4, 0.5) is 0 Å². The first-order valence-electron chi connectivity index (χ1n) is 9.10. The van der Waals surface area contributed by atoms with Gasteiger partial charge in [0.2, 0.25) is 0 Å². The van der Waals surface area contributed by atoms with Crippen molar-refractivity contribution < 1.29 is 9.53 Å². The number of hydrogen-bond donors (Lipinski definition) is 1. The average molecular weight is 357 g/mol. The molecule has 5 heteroatoms. The largest absolute Gasteiger partial charge is 0.496 e. The lowest BCUT2D eigenvalue weighted by molar-refractivity contribution is 0.0933. The summed E-state index contributed by atoms with van der Waals surface area (Å²) in [6.07, 6.45) is 0. The minimum atomic E-state index is -0.181. The van der Waals surface area contributed by atoms with Crippen LogP contribution in [-0.4, -0.2) is 22.8 Å². The number of rotatable bonds is 5. The molecule has 1 atom stereocenters. The molecule has 142 valence electrons. The predicted octanol–water partition coefficient (Wildman–Crippen LogP) is 4.57. The summed E-state index contributed by atoms with van der Waals surface area (Å²) in [5.74, 6) is 0.884. The number of hydrogen-bond acceptors (Lipinski definition) is 3. The van der Waals surface area contributed by atoms with E-state index in [1.165, 1.54) is 0 Å². The SMILES string of the molecule is COc1ccc(C)cc1C(C)NC(=O)c1cc(C(C)C)n(C(C)(C)C)n1.